The van der Waals surface area contributed by atoms with Crippen molar-refractivity contribution in [3.05, 3.63) is 52.2 Å². The Hall–Kier alpha value is -2.81. The molecule has 23 heavy (non-hydrogen) atoms. The van der Waals surface area contributed by atoms with Crippen LogP contribution in [0.1, 0.15) is 4.88 Å². The van der Waals surface area contributed by atoms with Crippen LogP contribution < -0.4 is 10.6 Å². The molecule has 6 nitrogen and oxygen atoms in total. The van der Waals surface area contributed by atoms with Crippen LogP contribution in [0.25, 0.3) is 11.5 Å². The van der Waals surface area contributed by atoms with E-state index >= 15 is 0 Å². The number of thiophene rings is 1. The minimum atomic E-state index is -0.831. The number of rotatable bonds is 4. The Balaban J connectivity index is 1.63. The highest BCUT2D eigenvalue weighted by Gasteiger charge is 2.15. The largest absolute Gasteiger partial charge is 0.403 e. The molecule has 0 radical (unpaired) electrons. The van der Waals surface area contributed by atoms with E-state index in [1.165, 1.54) is 17.4 Å². The highest BCUT2D eigenvalue weighted by molar-refractivity contribution is 7.09. The van der Waals surface area contributed by atoms with Gasteiger partial charge in [0.1, 0.15) is 11.6 Å². The van der Waals surface area contributed by atoms with Crippen molar-refractivity contribution in [1.82, 2.24) is 15.5 Å². The van der Waals surface area contributed by atoms with E-state index in [4.69, 9.17) is 4.42 Å². The molecule has 0 atom stereocenters. The van der Waals surface area contributed by atoms with Gasteiger partial charge in [-0.15, -0.1) is 16.4 Å². The van der Waals surface area contributed by atoms with Crippen molar-refractivity contribution in [2.75, 3.05) is 5.32 Å². The van der Waals surface area contributed by atoms with Crippen LogP contribution in [0, 0.1) is 11.6 Å². The fraction of sp³-hybridized carbons (Fsp3) is 0.0714. The molecule has 2 amide bonds. The lowest BCUT2D eigenvalue weighted by Crippen LogP contribution is -2.27. The molecule has 0 aliphatic heterocycles. The summed E-state index contributed by atoms with van der Waals surface area (Å²) in [5.74, 6) is -1.70. The second-order valence-electron chi connectivity index (χ2n) is 4.42. The van der Waals surface area contributed by atoms with E-state index in [0.29, 0.717) is 12.6 Å². The van der Waals surface area contributed by atoms with Gasteiger partial charge < -0.3 is 9.73 Å². The molecule has 0 aliphatic rings. The summed E-state index contributed by atoms with van der Waals surface area (Å²) in [6, 6.07) is 6.00. The Kier molecular flexibility index (Phi) is 4.29. The Morgan fingerprint density at radius 2 is 2.13 bits per heavy atom. The number of carbonyl (C=O) groups excluding carboxylic acids is 1. The topological polar surface area (TPSA) is 80.0 Å². The van der Waals surface area contributed by atoms with E-state index < -0.39 is 17.7 Å². The fourth-order valence-corrected chi connectivity index (χ4v) is 2.41. The molecule has 0 saturated heterocycles. The molecular formula is C14H10F2N4O2S. The number of halogens is 2. The van der Waals surface area contributed by atoms with Gasteiger partial charge in [0.15, 0.2) is 0 Å². The van der Waals surface area contributed by atoms with Crippen LogP contribution in [0.15, 0.2) is 40.1 Å². The van der Waals surface area contributed by atoms with Crippen molar-refractivity contribution < 1.29 is 18.0 Å². The maximum Gasteiger partial charge on any atom is 0.324 e. The summed E-state index contributed by atoms with van der Waals surface area (Å²) >= 11 is 1.51. The lowest BCUT2D eigenvalue weighted by atomic mass is 10.2. The number of hydrogen-bond donors (Lipinski definition) is 2. The van der Waals surface area contributed by atoms with Gasteiger partial charge in [-0.2, -0.15) is 0 Å². The Morgan fingerprint density at radius 3 is 2.87 bits per heavy atom. The number of urea groups is 1. The fourth-order valence-electron chi connectivity index (χ4n) is 1.77. The summed E-state index contributed by atoms with van der Waals surface area (Å²) in [5, 5.41) is 14.1. The molecule has 0 fully saturated rings. The summed E-state index contributed by atoms with van der Waals surface area (Å²) in [6.45, 7) is 0.358. The van der Waals surface area contributed by atoms with Crippen LogP contribution >= 0.6 is 11.3 Å². The van der Waals surface area contributed by atoms with E-state index in [-0.39, 0.29) is 17.5 Å². The van der Waals surface area contributed by atoms with Crippen molar-refractivity contribution in [2.24, 2.45) is 0 Å². The first-order valence-corrected chi connectivity index (χ1v) is 7.36. The van der Waals surface area contributed by atoms with Gasteiger partial charge in [-0.3, -0.25) is 5.32 Å². The lowest BCUT2D eigenvalue weighted by Gasteiger charge is -2.02. The second-order valence-corrected chi connectivity index (χ2v) is 5.46. The molecule has 1 aromatic carbocycles. The third kappa shape index (κ3) is 3.69. The van der Waals surface area contributed by atoms with Crippen molar-refractivity contribution in [1.29, 1.82) is 0 Å². The van der Waals surface area contributed by atoms with E-state index in [9.17, 15) is 13.6 Å². The summed E-state index contributed by atoms with van der Waals surface area (Å²) in [5.41, 5.74) is -0.0501. The minimum Gasteiger partial charge on any atom is -0.403 e. The molecule has 2 aromatic heterocycles. The molecule has 2 heterocycles. The zero-order valence-corrected chi connectivity index (χ0v) is 12.4. The maximum absolute atomic E-state index is 13.6. The Labute approximate surface area is 133 Å². The van der Waals surface area contributed by atoms with E-state index in [1.807, 2.05) is 17.5 Å². The first-order chi connectivity index (χ1) is 11.1. The average molecular weight is 336 g/mol. The molecule has 0 saturated carbocycles. The van der Waals surface area contributed by atoms with E-state index in [2.05, 4.69) is 20.8 Å². The van der Waals surface area contributed by atoms with Gasteiger partial charge in [0.05, 0.1) is 12.1 Å². The molecule has 0 aliphatic carbocycles. The zero-order chi connectivity index (χ0) is 16.2. The third-order valence-corrected chi connectivity index (χ3v) is 3.69. The number of hydrogen-bond acceptors (Lipinski definition) is 5. The van der Waals surface area contributed by atoms with Crippen molar-refractivity contribution >= 4 is 23.4 Å². The van der Waals surface area contributed by atoms with Crippen LogP contribution in [0.5, 0.6) is 0 Å². The summed E-state index contributed by atoms with van der Waals surface area (Å²) < 4.78 is 31.6. The summed E-state index contributed by atoms with van der Waals surface area (Å²) in [4.78, 5) is 12.7. The number of nitrogens with one attached hydrogen (secondary N) is 2. The number of anilines is 1. The van der Waals surface area contributed by atoms with Gasteiger partial charge >= 0.3 is 12.0 Å². The van der Waals surface area contributed by atoms with Crippen LogP contribution in [-0.2, 0) is 6.54 Å². The number of amides is 2. The maximum atomic E-state index is 13.6. The van der Waals surface area contributed by atoms with Gasteiger partial charge in [-0.25, -0.2) is 13.6 Å². The third-order valence-electron chi connectivity index (χ3n) is 2.81. The minimum absolute atomic E-state index is 0.0501. The van der Waals surface area contributed by atoms with Gasteiger partial charge in [0.25, 0.3) is 5.89 Å². The Bertz CT molecular complexity index is 820. The van der Waals surface area contributed by atoms with Crippen LogP contribution in [0.4, 0.5) is 19.6 Å². The molecular weight excluding hydrogens is 326 g/mol. The van der Waals surface area contributed by atoms with Gasteiger partial charge in [0.2, 0.25) is 0 Å². The lowest BCUT2D eigenvalue weighted by molar-refractivity contribution is 0.251. The first-order valence-electron chi connectivity index (χ1n) is 6.48. The van der Waals surface area contributed by atoms with Crippen molar-refractivity contribution in [2.45, 2.75) is 6.54 Å². The number of benzene rings is 1. The summed E-state index contributed by atoms with van der Waals surface area (Å²) in [6.07, 6.45) is 0. The SMILES string of the molecule is O=C(NCc1cccs1)Nc1nnc(-c2ccc(F)cc2F)o1. The zero-order valence-electron chi connectivity index (χ0n) is 11.5. The van der Waals surface area contributed by atoms with Gasteiger partial charge in [-0.05, 0) is 23.6 Å². The van der Waals surface area contributed by atoms with Crippen molar-refractivity contribution in [3.63, 3.8) is 0 Å². The highest BCUT2D eigenvalue weighted by atomic mass is 32.1. The molecule has 2 N–H and O–H groups in total. The molecule has 0 unspecified atom stereocenters. The molecule has 3 aromatic rings. The second kappa shape index (κ2) is 6.53. The molecule has 0 spiro atoms. The monoisotopic (exact) mass is 336 g/mol. The van der Waals surface area contributed by atoms with E-state index in [0.717, 1.165) is 10.9 Å². The molecule has 0 bridgehead atoms. The Morgan fingerprint density at radius 1 is 1.26 bits per heavy atom. The number of carbonyl (C=O) groups is 1. The predicted molar refractivity (Wildman–Crippen MR) is 79.8 cm³/mol. The van der Waals surface area contributed by atoms with Crippen LogP contribution in [0.2, 0.25) is 0 Å². The first kappa shape index (κ1) is 15.1. The van der Waals surface area contributed by atoms with Crippen molar-refractivity contribution in [3.8, 4) is 11.5 Å². The van der Waals surface area contributed by atoms with Gasteiger partial charge in [0, 0.05) is 10.9 Å². The summed E-state index contributed by atoms with van der Waals surface area (Å²) in [7, 11) is 0. The average Bonchev–Trinajstić information content (AvgIpc) is 3.17. The van der Waals surface area contributed by atoms with Gasteiger partial charge in [-0.1, -0.05) is 11.2 Å². The highest BCUT2D eigenvalue weighted by Crippen LogP contribution is 2.23. The predicted octanol–water partition coefficient (Wildman–Crippen LogP) is 3.40. The van der Waals surface area contributed by atoms with E-state index in [1.54, 1.807) is 0 Å². The molecule has 118 valence electrons. The van der Waals surface area contributed by atoms with Crippen LogP contribution in [0.3, 0.4) is 0 Å². The normalized spacial score (nSPS) is 10.5. The standard InChI is InChI=1S/C14H10F2N4O2S/c15-8-3-4-10(11(16)6-8)12-19-20-14(22-12)18-13(21)17-7-9-2-1-5-23-9/h1-6H,7H2,(H2,17,18,20,21). The molecule has 3 rings (SSSR count). The van der Waals surface area contributed by atoms with Crippen LogP contribution in [-0.4, -0.2) is 16.2 Å². The smallest absolute Gasteiger partial charge is 0.324 e. The quantitative estimate of drug-likeness (QED) is 0.765. The number of nitrogens with zero attached hydrogens (tertiary/aromatic N) is 2. The number of aromatic nitrogens is 2. The molecule has 9 heteroatoms.